The van der Waals surface area contributed by atoms with Gasteiger partial charge < -0.3 is 10.4 Å². The zero-order valence-corrected chi connectivity index (χ0v) is 21.0. The maximum Gasteiger partial charge on any atom is 0.352 e. The maximum absolute atomic E-state index is 12.8. The maximum atomic E-state index is 12.8. The molecule has 0 aliphatic carbocycles. The highest BCUT2D eigenvalue weighted by molar-refractivity contribution is 8.04. The van der Waals surface area contributed by atoms with Crippen LogP contribution < -0.4 is 10.7 Å². The monoisotopic (exact) mass is 544 g/mol. The van der Waals surface area contributed by atoms with E-state index in [1.54, 1.807) is 11.5 Å². The number of carboxylic acids is 1. The molecule has 5 heterocycles. The molecule has 1 fully saturated rings. The second kappa shape index (κ2) is 9.93. The van der Waals surface area contributed by atoms with Gasteiger partial charge in [-0.15, -0.1) is 34.4 Å². The van der Waals surface area contributed by atoms with Crippen LogP contribution in [0.2, 0.25) is 0 Å². The molecule has 2 amide bonds. The number of hydrogen-bond donors (Lipinski definition) is 2. The molecule has 2 unspecified atom stereocenters. The van der Waals surface area contributed by atoms with Crippen molar-refractivity contribution in [2.24, 2.45) is 0 Å². The van der Waals surface area contributed by atoms with Gasteiger partial charge in [-0.1, -0.05) is 17.8 Å². The van der Waals surface area contributed by atoms with Gasteiger partial charge in [-0.05, 0) is 28.5 Å². The molecule has 2 aliphatic rings. The predicted octanol–water partition coefficient (Wildman–Crippen LogP) is 2.70. The van der Waals surface area contributed by atoms with Gasteiger partial charge in [0.25, 0.3) is 5.91 Å². The molecule has 13 heteroatoms. The lowest BCUT2D eigenvalue weighted by atomic mass is 10.0. The fourth-order valence-electron chi connectivity index (χ4n) is 3.68. The number of β-lactam (4-membered cyclic amide) rings is 1. The minimum absolute atomic E-state index is 0.0862. The van der Waals surface area contributed by atoms with Crippen LogP contribution in [0.3, 0.4) is 0 Å². The van der Waals surface area contributed by atoms with Crippen LogP contribution in [-0.4, -0.2) is 54.9 Å². The number of hydrogen-bond acceptors (Lipinski definition) is 10. The highest BCUT2D eigenvalue weighted by Gasteiger charge is 2.53. The van der Waals surface area contributed by atoms with Gasteiger partial charge in [0, 0.05) is 29.1 Å². The Hall–Kier alpha value is -3.00. The summed E-state index contributed by atoms with van der Waals surface area (Å²) in [5.74, 6) is -1.55. The Morgan fingerprint density at radius 3 is 2.89 bits per heavy atom. The first-order chi connectivity index (χ1) is 16.9. The highest BCUT2D eigenvalue weighted by Crippen LogP contribution is 2.41. The average molecular weight is 545 g/mol. The van der Waals surface area contributed by atoms with Crippen LogP contribution in [0.1, 0.15) is 4.88 Å². The molecule has 9 nitrogen and oxygen atoms in total. The minimum atomic E-state index is -1.21. The second-order valence-corrected chi connectivity index (χ2v) is 11.8. The van der Waals surface area contributed by atoms with Crippen LogP contribution in [0.4, 0.5) is 0 Å². The third kappa shape index (κ3) is 4.76. The van der Waals surface area contributed by atoms with E-state index in [9.17, 15) is 24.3 Å². The van der Waals surface area contributed by atoms with E-state index >= 15 is 0 Å². The Morgan fingerprint density at radius 1 is 1.29 bits per heavy atom. The van der Waals surface area contributed by atoms with Gasteiger partial charge >= 0.3 is 5.97 Å². The van der Waals surface area contributed by atoms with Crippen LogP contribution in [0, 0.1) is 0 Å². The number of nitrogens with one attached hydrogen (secondary N) is 1. The quantitative estimate of drug-likeness (QED) is 0.341. The van der Waals surface area contributed by atoms with Crippen LogP contribution >= 0.6 is 46.2 Å². The lowest BCUT2D eigenvalue weighted by molar-refractivity contribution is -0.150. The summed E-state index contributed by atoms with van der Waals surface area (Å²) in [4.78, 5) is 60.2. The molecule has 3 aromatic rings. The number of carbonyl (C=O) groups excluding carboxylic acids is 2. The first-order valence-corrected chi connectivity index (χ1v) is 13.9. The van der Waals surface area contributed by atoms with E-state index in [1.807, 2.05) is 17.5 Å². The molecule has 2 atom stereocenters. The molecule has 2 N–H and O–H groups in total. The van der Waals surface area contributed by atoms with Crippen molar-refractivity contribution in [1.82, 2.24) is 20.2 Å². The Labute approximate surface area is 215 Å². The van der Waals surface area contributed by atoms with Gasteiger partial charge in [-0.25, -0.2) is 14.8 Å². The van der Waals surface area contributed by atoms with Crippen molar-refractivity contribution in [2.45, 2.75) is 22.0 Å². The minimum Gasteiger partial charge on any atom is -0.477 e. The lowest BCUT2D eigenvalue weighted by Gasteiger charge is -2.49. The zero-order valence-electron chi connectivity index (χ0n) is 17.7. The number of amides is 2. The Bertz CT molecular complexity index is 1450. The van der Waals surface area contributed by atoms with Gasteiger partial charge in [-0.3, -0.25) is 19.3 Å². The number of aliphatic carboxylic acids is 1. The normalized spacial score (nSPS) is 19.7. The molecule has 35 heavy (non-hydrogen) atoms. The van der Waals surface area contributed by atoms with Crippen molar-refractivity contribution in [2.75, 3.05) is 5.75 Å². The van der Waals surface area contributed by atoms with Crippen molar-refractivity contribution in [3.63, 3.8) is 0 Å². The van der Waals surface area contributed by atoms with Crippen molar-refractivity contribution >= 4 is 74.3 Å². The summed E-state index contributed by atoms with van der Waals surface area (Å²) in [7, 11) is 0. The zero-order chi connectivity index (χ0) is 24.5. The largest absolute Gasteiger partial charge is 0.477 e. The van der Waals surface area contributed by atoms with E-state index in [0.717, 1.165) is 4.88 Å². The first kappa shape index (κ1) is 23.7. The van der Waals surface area contributed by atoms with Gasteiger partial charge in [0.2, 0.25) is 11.3 Å². The summed E-state index contributed by atoms with van der Waals surface area (Å²) in [5, 5.41) is 15.7. The molecule has 0 saturated carbocycles. The predicted molar refractivity (Wildman–Crippen MR) is 136 cm³/mol. The van der Waals surface area contributed by atoms with Crippen molar-refractivity contribution in [3.8, 4) is 0 Å². The van der Waals surface area contributed by atoms with Crippen LogP contribution in [0.15, 0.2) is 67.7 Å². The fourth-order valence-corrected chi connectivity index (χ4v) is 7.56. The Morgan fingerprint density at radius 2 is 2.11 bits per heavy atom. The van der Waals surface area contributed by atoms with Gasteiger partial charge in [0.1, 0.15) is 27.5 Å². The van der Waals surface area contributed by atoms with Crippen molar-refractivity contribution < 1.29 is 19.5 Å². The van der Waals surface area contributed by atoms with E-state index in [1.165, 1.54) is 69.6 Å². The number of carbonyl (C=O) groups is 3. The van der Waals surface area contributed by atoms with Crippen LogP contribution in [0.25, 0.3) is 10.3 Å². The number of carboxylic acid groups (broad SMARTS) is 1. The molecule has 3 aromatic heterocycles. The second-order valence-electron chi connectivity index (χ2n) is 7.45. The molecule has 178 valence electrons. The SMILES string of the molecule is O=C(Cc1cccs1)NC1C(=O)N2C(C(=O)O)=C(/C=C/Sc3cc(=O)c4nccnc4s3)CSC12. The van der Waals surface area contributed by atoms with E-state index in [4.69, 9.17) is 0 Å². The lowest BCUT2D eigenvalue weighted by Crippen LogP contribution is -2.70. The molecule has 0 radical (unpaired) electrons. The molecule has 0 aromatic carbocycles. The standard InChI is InChI=1S/C22H16N4O5S4/c27-13-9-15(35-19-16(13)23-4-5-24-19)33-7-3-11-10-34-21-17(20(29)26(21)18(11)22(30)31)25-14(28)8-12-2-1-6-32-12/h1-7,9,17,21H,8,10H2,(H,25,28)(H,30,31)/b7-3+. The summed E-state index contributed by atoms with van der Waals surface area (Å²) in [6.07, 6.45) is 4.81. The first-order valence-electron chi connectivity index (χ1n) is 10.2. The molecule has 1 saturated heterocycles. The number of rotatable bonds is 7. The number of thiophene rings is 1. The number of thioether (sulfide) groups is 2. The number of allylic oxidation sites excluding steroid dienone is 1. The fraction of sp³-hybridized carbons (Fsp3) is 0.182. The van der Waals surface area contributed by atoms with Crippen molar-refractivity contribution in [3.05, 3.63) is 73.8 Å². The van der Waals surface area contributed by atoms with Gasteiger partial charge in [-0.2, -0.15) is 0 Å². The summed E-state index contributed by atoms with van der Waals surface area (Å²) in [6.45, 7) is 0. The van der Waals surface area contributed by atoms with Gasteiger partial charge in [0.05, 0.1) is 10.6 Å². The third-order valence-corrected chi connectivity index (χ3v) is 9.38. The van der Waals surface area contributed by atoms with Gasteiger partial charge in [0.15, 0.2) is 0 Å². The topological polar surface area (TPSA) is 130 Å². The van der Waals surface area contributed by atoms with E-state index in [0.29, 0.717) is 25.9 Å². The molecular formula is C22H16N4O5S4. The summed E-state index contributed by atoms with van der Waals surface area (Å²) < 4.78 is 0.687. The summed E-state index contributed by atoms with van der Waals surface area (Å²) in [6, 6.07) is 4.42. The van der Waals surface area contributed by atoms with Crippen LogP contribution in [0.5, 0.6) is 0 Å². The highest BCUT2D eigenvalue weighted by atomic mass is 32.2. The number of nitrogens with zero attached hydrogens (tertiary/aromatic N) is 3. The molecule has 0 spiro atoms. The third-order valence-electron chi connectivity index (χ3n) is 5.23. The Kier molecular flexibility index (Phi) is 6.73. The smallest absolute Gasteiger partial charge is 0.352 e. The molecule has 5 rings (SSSR count). The molecule has 0 bridgehead atoms. The van der Waals surface area contributed by atoms with E-state index < -0.39 is 23.3 Å². The van der Waals surface area contributed by atoms with E-state index in [2.05, 4.69) is 15.3 Å². The number of fused-ring (bicyclic) bond motifs is 2. The summed E-state index contributed by atoms with van der Waals surface area (Å²) >= 11 is 5.43. The van der Waals surface area contributed by atoms with E-state index in [-0.39, 0.29) is 23.5 Å². The van der Waals surface area contributed by atoms with Crippen LogP contribution in [-0.2, 0) is 20.8 Å². The summed E-state index contributed by atoms with van der Waals surface area (Å²) in [5.41, 5.74) is 0.472. The average Bonchev–Trinajstić information content (AvgIpc) is 3.35. The Balaban J connectivity index is 1.30. The molecule has 2 aliphatic heterocycles. The molecular weight excluding hydrogens is 529 g/mol. The van der Waals surface area contributed by atoms with Crippen molar-refractivity contribution in [1.29, 1.82) is 0 Å². The number of aromatic nitrogens is 2.